The Morgan fingerprint density at radius 2 is 2.24 bits per heavy atom. The van der Waals surface area contributed by atoms with Crippen molar-refractivity contribution in [1.29, 1.82) is 0 Å². The Morgan fingerprint density at radius 1 is 1.41 bits per heavy atom. The van der Waals surface area contributed by atoms with Gasteiger partial charge >= 0.3 is 0 Å². The van der Waals surface area contributed by atoms with Gasteiger partial charge in [0, 0.05) is 12.4 Å². The molecule has 0 spiro atoms. The van der Waals surface area contributed by atoms with E-state index in [9.17, 15) is 4.79 Å². The topological polar surface area (TPSA) is 135 Å². The Hall–Kier alpha value is -2.77. The van der Waals surface area contributed by atoms with Crippen molar-refractivity contribution in [3.8, 4) is 0 Å². The first-order valence-electron chi connectivity index (χ1n) is 4.64. The van der Waals surface area contributed by atoms with Crippen LogP contribution in [-0.2, 0) is 0 Å². The van der Waals surface area contributed by atoms with Crippen molar-refractivity contribution in [2.45, 2.75) is 0 Å². The van der Waals surface area contributed by atoms with Crippen LogP contribution in [0.15, 0.2) is 34.8 Å². The van der Waals surface area contributed by atoms with Crippen molar-refractivity contribution >= 4 is 23.2 Å². The number of aromatic nitrogens is 3. The van der Waals surface area contributed by atoms with Gasteiger partial charge in [-0.2, -0.15) is 5.10 Å². The summed E-state index contributed by atoms with van der Waals surface area (Å²) in [5.74, 6) is -0.284. The maximum Gasteiger partial charge on any atom is 0.296 e. The molecule has 0 aliphatic heterocycles. The molecule has 0 aliphatic carbocycles. The monoisotopic (exact) mass is 231 g/mol. The predicted molar refractivity (Wildman–Crippen MR) is 60.5 cm³/mol. The van der Waals surface area contributed by atoms with Crippen LogP contribution >= 0.6 is 0 Å². The molecule has 0 saturated carbocycles. The van der Waals surface area contributed by atoms with Gasteiger partial charge in [0.05, 0.1) is 5.56 Å². The summed E-state index contributed by atoms with van der Waals surface area (Å²) >= 11 is 0. The average molecular weight is 231 g/mol. The van der Waals surface area contributed by atoms with Gasteiger partial charge in [-0.25, -0.2) is 0 Å². The zero-order valence-electron chi connectivity index (χ0n) is 8.66. The summed E-state index contributed by atoms with van der Waals surface area (Å²) in [6, 6.07) is 3.21. The molecular formula is C9H9N7O. The molecule has 0 aromatic carbocycles. The zero-order chi connectivity index (χ0) is 12.3. The molecule has 0 bridgehead atoms. The molecular weight excluding hydrogens is 222 g/mol. The van der Waals surface area contributed by atoms with Gasteiger partial charge in [0.2, 0.25) is 0 Å². The molecule has 0 atom stereocenters. The van der Waals surface area contributed by atoms with Crippen LogP contribution in [-0.4, -0.2) is 21.1 Å². The first-order valence-corrected chi connectivity index (χ1v) is 4.64. The van der Waals surface area contributed by atoms with Gasteiger partial charge in [0.15, 0.2) is 11.5 Å². The molecule has 8 nitrogen and oxygen atoms in total. The van der Waals surface area contributed by atoms with E-state index in [-0.39, 0.29) is 17.3 Å². The summed E-state index contributed by atoms with van der Waals surface area (Å²) < 4.78 is 0. The van der Waals surface area contributed by atoms with Gasteiger partial charge in [-0.1, -0.05) is 0 Å². The number of amides is 1. The van der Waals surface area contributed by atoms with Gasteiger partial charge in [-0.05, 0) is 12.1 Å². The number of azo groups is 1. The summed E-state index contributed by atoms with van der Waals surface area (Å²) in [5, 5.41) is 13.2. The lowest BCUT2D eigenvalue weighted by molar-refractivity contribution is 0.0994. The molecule has 0 fully saturated rings. The predicted octanol–water partition coefficient (Wildman–Crippen LogP) is 0.893. The number of aromatic amines is 1. The standard InChI is InChI=1S/C9H9N7O/c10-7-6(8(11)15-14-7)13-16-9(17)5-2-1-3-12-4-5/h1-4H,(H5,10,11,14,15). The highest BCUT2D eigenvalue weighted by Gasteiger charge is 2.08. The number of nitrogen functional groups attached to an aromatic ring is 2. The highest BCUT2D eigenvalue weighted by molar-refractivity contribution is 5.94. The van der Waals surface area contributed by atoms with Crippen LogP contribution in [0.2, 0.25) is 0 Å². The fourth-order valence-corrected chi connectivity index (χ4v) is 1.11. The molecule has 0 unspecified atom stereocenters. The maximum atomic E-state index is 11.5. The smallest absolute Gasteiger partial charge is 0.296 e. The molecule has 0 radical (unpaired) electrons. The number of nitrogens with zero attached hydrogens (tertiary/aromatic N) is 4. The van der Waals surface area contributed by atoms with Gasteiger partial charge in [0.25, 0.3) is 5.91 Å². The fourth-order valence-electron chi connectivity index (χ4n) is 1.11. The van der Waals surface area contributed by atoms with Gasteiger partial charge in [0.1, 0.15) is 5.82 Å². The van der Waals surface area contributed by atoms with Gasteiger partial charge in [-0.3, -0.25) is 14.9 Å². The second-order valence-electron chi connectivity index (χ2n) is 3.12. The normalized spacial score (nSPS) is 10.8. The minimum atomic E-state index is -0.530. The van der Waals surface area contributed by atoms with E-state index in [1.54, 1.807) is 18.3 Å². The second kappa shape index (κ2) is 4.39. The minimum absolute atomic E-state index is 0.0882. The number of pyridine rings is 1. The highest BCUT2D eigenvalue weighted by atomic mass is 16.1. The second-order valence-corrected chi connectivity index (χ2v) is 3.12. The van der Waals surface area contributed by atoms with Crippen LogP contribution < -0.4 is 11.5 Å². The Morgan fingerprint density at radius 3 is 2.82 bits per heavy atom. The van der Waals surface area contributed by atoms with E-state index in [2.05, 4.69) is 25.4 Å². The molecule has 8 heteroatoms. The van der Waals surface area contributed by atoms with Crippen LogP contribution in [0.5, 0.6) is 0 Å². The summed E-state index contributed by atoms with van der Waals surface area (Å²) in [6.45, 7) is 0. The van der Waals surface area contributed by atoms with Gasteiger partial charge in [-0.15, -0.1) is 10.2 Å². The number of H-pyrrole nitrogens is 1. The largest absolute Gasteiger partial charge is 0.382 e. The lowest BCUT2D eigenvalue weighted by atomic mass is 10.3. The van der Waals surface area contributed by atoms with E-state index >= 15 is 0 Å². The number of rotatable bonds is 2. The maximum absolute atomic E-state index is 11.5. The van der Waals surface area contributed by atoms with Crippen LogP contribution in [0.25, 0.3) is 0 Å². The quantitative estimate of drug-likeness (QED) is 0.659. The third-order valence-corrected chi connectivity index (χ3v) is 1.94. The number of nitrogens with two attached hydrogens (primary N) is 2. The molecule has 0 aliphatic rings. The first kappa shape index (κ1) is 10.7. The van der Waals surface area contributed by atoms with Crippen LogP contribution in [0.1, 0.15) is 10.4 Å². The average Bonchev–Trinajstić information content (AvgIpc) is 2.67. The van der Waals surface area contributed by atoms with Crippen molar-refractivity contribution in [2.24, 2.45) is 10.2 Å². The number of nitrogens with one attached hydrogen (secondary N) is 1. The molecule has 5 N–H and O–H groups in total. The number of carbonyl (C=O) groups excluding carboxylic acids is 1. The molecule has 2 aromatic heterocycles. The molecule has 0 saturated heterocycles. The van der Waals surface area contributed by atoms with Crippen LogP contribution in [0.3, 0.4) is 0 Å². The molecule has 86 valence electrons. The number of hydrogen-bond acceptors (Lipinski definition) is 6. The number of anilines is 2. The van der Waals surface area contributed by atoms with E-state index in [0.717, 1.165) is 0 Å². The Balaban J connectivity index is 2.20. The summed E-state index contributed by atoms with van der Waals surface area (Å²) in [6.07, 6.45) is 2.95. The number of carbonyl (C=O) groups is 1. The summed E-state index contributed by atoms with van der Waals surface area (Å²) in [7, 11) is 0. The fraction of sp³-hybridized carbons (Fsp3) is 0. The Kier molecular flexibility index (Phi) is 2.77. The summed E-state index contributed by atoms with van der Waals surface area (Å²) in [4.78, 5) is 15.3. The molecule has 2 rings (SSSR count). The van der Waals surface area contributed by atoms with E-state index in [4.69, 9.17) is 11.5 Å². The molecule has 17 heavy (non-hydrogen) atoms. The Labute approximate surface area is 95.8 Å². The third kappa shape index (κ3) is 2.25. The minimum Gasteiger partial charge on any atom is -0.382 e. The van der Waals surface area contributed by atoms with Crippen molar-refractivity contribution in [2.75, 3.05) is 11.5 Å². The summed E-state index contributed by atoms with van der Waals surface area (Å²) in [5.41, 5.74) is 11.4. The van der Waals surface area contributed by atoms with E-state index in [1.807, 2.05) is 0 Å². The van der Waals surface area contributed by atoms with Crippen LogP contribution in [0.4, 0.5) is 17.3 Å². The van der Waals surface area contributed by atoms with Crippen molar-refractivity contribution in [3.05, 3.63) is 30.1 Å². The molecule has 2 aromatic rings. The highest BCUT2D eigenvalue weighted by Crippen LogP contribution is 2.26. The van der Waals surface area contributed by atoms with Crippen molar-refractivity contribution < 1.29 is 4.79 Å². The van der Waals surface area contributed by atoms with Gasteiger partial charge < -0.3 is 11.5 Å². The SMILES string of the molecule is Nc1n[nH]c(N)c1N=NC(=O)c1cccnc1. The molecule has 1 amide bonds. The van der Waals surface area contributed by atoms with E-state index < -0.39 is 5.91 Å². The Bertz CT molecular complexity index is 540. The van der Waals surface area contributed by atoms with Crippen molar-refractivity contribution in [3.63, 3.8) is 0 Å². The molecule has 2 heterocycles. The van der Waals surface area contributed by atoms with E-state index in [0.29, 0.717) is 5.56 Å². The van der Waals surface area contributed by atoms with Crippen LogP contribution in [0, 0.1) is 0 Å². The van der Waals surface area contributed by atoms with Crippen molar-refractivity contribution in [1.82, 2.24) is 15.2 Å². The third-order valence-electron chi connectivity index (χ3n) is 1.94. The number of hydrogen-bond donors (Lipinski definition) is 3. The van der Waals surface area contributed by atoms with E-state index in [1.165, 1.54) is 6.20 Å². The first-order chi connectivity index (χ1) is 8.18. The lowest BCUT2D eigenvalue weighted by Gasteiger charge is -1.92. The zero-order valence-corrected chi connectivity index (χ0v) is 8.66. The lowest BCUT2D eigenvalue weighted by Crippen LogP contribution is -1.94.